The first kappa shape index (κ1) is 26.9. The minimum atomic E-state index is -0.531. The molecule has 4 aromatic rings. The SMILES string of the molecule is COc1ccc(C(=O)Oc2ccc(/C=N/NC(=O)c3ccc(OCc4ccc(C)cc4)cc3)cc2)cc1OC. The van der Waals surface area contributed by atoms with Crippen LogP contribution in [0.2, 0.25) is 0 Å². The van der Waals surface area contributed by atoms with E-state index in [1.54, 1.807) is 66.7 Å². The highest BCUT2D eigenvalue weighted by Crippen LogP contribution is 2.28. The Hall–Kier alpha value is -5.11. The first-order valence-electron chi connectivity index (χ1n) is 12.1. The second kappa shape index (κ2) is 12.9. The normalized spacial score (nSPS) is 10.6. The maximum absolute atomic E-state index is 12.5. The van der Waals surface area contributed by atoms with Gasteiger partial charge in [-0.1, -0.05) is 29.8 Å². The van der Waals surface area contributed by atoms with Crippen molar-refractivity contribution < 1.29 is 28.5 Å². The molecule has 0 aliphatic rings. The van der Waals surface area contributed by atoms with Crippen LogP contribution in [0.1, 0.15) is 37.4 Å². The van der Waals surface area contributed by atoms with Crippen molar-refractivity contribution in [1.29, 1.82) is 0 Å². The summed E-state index contributed by atoms with van der Waals surface area (Å²) in [5.41, 5.74) is 6.25. The number of benzene rings is 4. The molecule has 0 aliphatic carbocycles. The molecular weight excluding hydrogens is 496 g/mol. The molecule has 0 fully saturated rings. The fraction of sp³-hybridized carbons (Fsp3) is 0.129. The zero-order valence-electron chi connectivity index (χ0n) is 21.8. The number of hydrogen-bond donors (Lipinski definition) is 1. The average molecular weight is 525 g/mol. The van der Waals surface area contributed by atoms with Crippen LogP contribution < -0.4 is 24.4 Å². The van der Waals surface area contributed by atoms with Gasteiger partial charge in [0.15, 0.2) is 11.5 Å². The third-order valence-corrected chi connectivity index (χ3v) is 5.73. The number of aryl methyl sites for hydroxylation is 1. The molecule has 0 saturated heterocycles. The minimum Gasteiger partial charge on any atom is -0.493 e. The van der Waals surface area contributed by atoms with Gasteiger partial charge in [0, 0.05) is 5.56 Å². The molecule has 0 unspecified atom stereocenters. The lowest BCUT2D eigenvalue weighted by Gasteiger charge is -2.09. The van der Waals surface area contributed by atoms with Crippen LogP contribution in [0.15, 0.2) is 96.1 Å². The van der Waals surface area contributed by atoms with Crippen LogP contribution in [-0.4, -0.2) is 32.3 Å². The molecule has 39 heavy (non-hydrogen) atoms. The summed E-state index contributed by atoms with van der Waals surface area (Å²) >= 11 is 0. The summed E-state index contributed by atoms with van der Waals surface area (Å²) in [6.45, 7) is 2.49. The van der Waals surface area contributed by atoms with E-state index in [2.05, 4.69) is 10.5 Å². The molecule has 1 amide bonds. The molecule has 198 valence electrons. The first-order chi connectivity index (χ1) is 18.9. The summed E-state index contributed by atoms with van der Waals surface area (Å²) in [7, 11) is 3.02. The van der Waals surface area contributed by atoms with Crippen molar-refractivity contribution in [3.05, 3.63) is 119 Å². The third-order valence-electron chi connectivity index (χ3n) is 5.73. The van der Waals surface area contributed by atoms with Crippen molar-refractivity contribution >= 4 is 18.1 Å². The Morgan fingerprint density at radius 1 is 0.769 bits per heavy atom. The zero-order valence-corrected chi connectivity index (χ0v) is 21.8. The molecule has 0 bridgehead atoms. The number of nitrogens with one attached hydrogen (secondary N) is 1. The van der Waals surface area contributed by atoms with Gasteiger partial charge in [-0.3, -0.25) is 4.79 Å². The highest BCUT2D eigenvalue weighted by Gasteiger charge is 2.13. The topological polar surface area (TPSA) is 95.5 Å². The zero-order chi connectivity index (χ0) is 27.6. The van der Waals surface area contributed by atoms with E-state index in [4.69, 9.17) is 18.9 Å². The largest absolute Gasteiger partial charge is 0.493 e. The highest BCUT2D eigenvalue weighted by atomic mass is 16.5. The lowest BCUT2D eigenvalue weighted by molar-refractivity contribution is 0.0734. The van der Waals surface area contributed by atoms with Crippen LogP contribution in [0.25, 0.3) is 0 Å². The van der Waals surface area contributed by atoms with Gasteiger partial charge in [-0.25, -0.2) is 10.2 Å². The Morgan fingerprint density at radius 3 is 2.08 bits per heavy atom. The number of methoxy groups -OCH3 is 2. The summed E-state index contributed by atoms with van der Waals surface area (Å²) in [6, 6.07) is 26.5. The van der Waals surface area contributed by atoms with E-state index in [9.17, 15) is 9.59 Å². The van der Waals surface area contributed by atoms with Crippen LogP contribution >= 0.6 is 0 Å². The molecule has 0 heterocycles. The molecule has 0 atom stereocenters. The van der Waals surface area contributed by atoms with Gasteiger partial charge in [-0.05, 0) is 84.8 Å². The second-order valence-corrected chi connectivity index (χ2v) is 8.53. The van der Waals surface area contributed by atoms with Crippen molar-refractivity contribution in [1.82, 2.24) is 5.43 Å². The third kappa shape index (κ3) is 7.45. The quantitative estimate of drug-likeness (QED) is 0.126. The molecule has 4 rings (SSSR count). The van der Waals surface area contributed by atoms with E-state index in [1.165, 1.54) is 26.0 Å². The second-order valence-electron chi connectivity index (χ2n) is 8.53. The van der Waals surface area contributed by atoms with Crippen LogP contribution in [0.4, 0.5) is 0 Å². The van der Waals surface area contributed by atoms with E-state index in [1.807, 2.05) is 31.2 Å². The average Bonchev–Trinajstić information content (AvgIpc) is 2.97. The number of carbonyl (C=O) groups excluding carboxylic acids is 2. The highest BCUT2D eigenvalue weighted by molar-refractivity contribution is 5.95. The molecule has 0 spiro atoms. The Bertz CT molecular complexity index is 1450. The maximum atomic E-state index is 12.5. The monoisotopic (exact) mass is 524 g/mol. The molecule has 0 aliphatic heterocycles. The Kier molecular flexibility index (Phi) is 8.92. The van der Waals surface area contributed by atoms with E-state index in [-0.39, 0.29) is 5.91 Å². The summed E-state index contributed by atoms with van der Waals surface area (Å²) in [6.07, 6.45) is 1.50. The Morgan fingerprint density at radius 2 is 1.41 bits per heavy atom. The number of ether oxygens (including phenoxy) is 4. The summed E-state index contributed by atoms with van der Waals surface area (Å²) < 4.78 is 21.6. The minimum absolute atomic E-state index is 0.326. The van der Waals surface area contributed by atoms with Gasteiger partial charge in [0.25, 0.3) is 5.91 Å². The Balaban J connectivity index is 1.26. The molecule has 1 N–H and O–H groups in total. The molecule has 0 saturated carbocycles. The number of amides is 1. The molecule has 0 radical (unpaired) electrons. The fourth-order valence-electron chi connectivity index (χ4n) is 3.53. The molecule has 8 heteroatoms. The molecule has 4 aromatic carbocycles. The summed E-state index contributed by atoms with van der Waals surface area (Å²) in [5, 5.41) is 4.01. The lowest BCUT2D eigenvalue weighted by atomic mass is 10.2. The number of hydrogen-bond acceptors (Lipinski definition) is 7. The first-order valence-corrected chi connectivity index (χ1v) is 12.1. The van der Waals surface area contributed by atoms with Gasteiger partial charge < -0.3 is 18.9 Å². The van der Waals surface area contributed by atoms with Gasteiger partial charge in [0.1, 0.15) is 18.1 Å². The number of carbonyl (C=O) groups is 2. The number of nitrogens with zero attached hydrogens (tertiary/aromatic N) is 1. The van der Waals surface area contributed by atoms with Crippen molar-refractivity contribution in [2.24, 2.45) is 5.10 Å². The van der Waals surface area contributed by atoms with Gasteiger partial charge in [-0.2, -0.15) is 5.10 Å². The van der Waals surface area contributed by atoms with Crippen LogP contribution in [0.5, 0.6) is 23.0 Å². The van der Waals surface area contributed by atoms with Crippen LogP contribution in [0, 0.1) is 6.92 Å². The van der Waals surface area contributed by atoms with Gasteiger partial charge in [-0.15, -0.1) is 0 Å². The predicted molar refractivity (Wildman–Crippen MR) is 148 cm³/mol. The molecule has 8 nitrogen and oxygen atoms in total. The summed E-state index contributed by atoms with van der Waals surface area (Å²) in [4.78, 5) is 24.9. The van der Waals surface area contributed by atoms with E-state index in [0.717, 1.165) is 5.56 Å². The van der Waals surface area contributed by atoms with Crippen molar-refractivity contribution in [2.75, 3.05) is 14.2 Å². The van der Waals surface area contributed by atoms with Crippen LogP contribution in [-0.2, 0) is 6.61 Å². The number of hydrazone groups is 1. The van der Waals surface area contributed by atoms with Crippen molar-refractivity contribution in [3.63, 3.8) is 0 Å². The Labute approximate surface area is 226 Å². The van der Waals surface area contributed by atoms with Crippen LogP contribution in [0.3, 0.4) is 0 Å². The van der Waals surface area contributed by atoms with Gasteiger partial charge >= 0.3 is 5.97 Å². The van der Waals surface area contributed by atoms with Gasteiger partial charge in [0.05, 0.1) is 26.0 Å². The smallest absolute Gasteiger partial charge is 0.343 e. The number of esters is 1. The standard InChI is InChI=1S/C31H28N2O6/c1-21-4-6-23(7-5-21)20-38-26-15-10-24(11-16-26)30(34)33-32-19-22-8-13-27(14-9-22)39-31(35)25-12-17-28(36-2)29(18-25)37-3/h4-19H,20H2,1-3H3,(H,33,34)/b32-19+. The van der Waals surface area contributed by atoms with E-state index >= 15 is 0 Å². The molecule has 0 aromatic heterocycles. The van der Waals surface area contributed by atoms with E-state index in [0.29, 0.717) is 46.3 Å². The molecular formula is C31H28N2O6. The fourth-order valence-corrected chi connectivity index (χ4v) is 3.53. The maximum Gasteiger partial charge on any atom is 0.343 e. The van der Waals surface area contributed by atoms with Crippen molar-refractivity contribution in [3.8, 4) is 23.0 Å². The number of rotatable bonds is 10. The van der Waals surface area contributed by atoms with E-state index < -0.39 is 5.97 Å². The van der Waals surface area contributed by atoms with Crippen molar-refractivity contribution in [2.45, 2.75) is 13.5 Å². The van der Waals surface area contributed by atoms with Gasteiger partial charge in [0.2, 0.25) is 0 Å². The summed E-state index contributed by atoms with van der Waals surface area (Å²) in [5.74, 6) is 1.10. The predicted octanol–water partition coefficient (Wildman–Crippen LogP) is 5.57. The lowest BCUT2D eigenvalue weighted by Crippen LogP contribution is -2.17.